The van der Waals surface area contributed by atoms with Crippen LogP contribution in [0, 0.1) is 0 Å². The Morgan fingerprint density at radius 1 is 0.958 bits per heavy atom. The molecule has 1 fully saturated rings. The molecule has 6 nitrogen and oxygen atoms in total. The lowest BCUT2D eigenvalue weighted by Gasteiger charge is -2.35. The second-order valence-electron chi connectivity index (χ2n) is 5.96. The zero-order chi connectivity index (χ0) is 16.4. The third-order valence-electron chi connectivity index (χ3n) is 4.44. The molecule has 2 aromatic heterocycles. The van der Waals surface area contributed by atoms with E-state index in [2.05, 4.69) is 19.9 Å². The minimum absolute atomic E-state index is 0.0261. The highest BCUT2D eigenvalue weighted by Crippen LogP contribution is 2.14. The molecule has 1 saturated heterocycles. The lowest BCUT2D eigenvalue weighted by atomic mass is 10.2. The summed E-state index contributed by atoms with van der Waals surface area (Å²) in [6, 6.07) is 13.6. The molecule has 0 saturated carbocycles. The van der Waals surface area contributed by atoms with Crippen LogP contribution in [0.15, 0.2) is 59.7 Å². The molecule has 3 aromatic rings. The van der Waals surface area contributed by atoms with Gasteiger partial charge in [-0.1, -0.05) is 18.2 Å². The van der Waals surface area contributed by atoms with E-state index in [1.54, 1.807) is 0 Å². The fourth-order valence-corrected chi connectivity index (χ4v) is 3.12. The van der Waals surface area contributed by atoms with Crippen molar-refractivity contribution in [2.45, 2.75) is 6.67 Å². The molecule has 1 aromatic carbocycles. The fraction of sp³-hybridized carbons (Fsp3) is 0.278. The zero-order valence-electron chi connectivity index (χ0n) is 13.4. The summed E-state index contributed by atoms with van der Waals surface area (Å²) in [5, 5.41) is 5.04. The van der Waals surface area contributed by atoms with Gasteiger partial charge in [-0.05, 0) is 24.3 Å². The van der Waals surface area contributed by atoms with E-state index in [-0.39, 0.29) is 5.43 Å². The molecule has 0 radical (unpaired) electrons. The average Bonchev–Trinajstić information content (AvgIpc) is 2.66. The van der Waals surface area contributed by atoms with E-state index in [1.165, 1.54) is 6.20 Å². The van der Waals surface area contributed by atoms with Gasteiger partial charge >= 0.3 is 0 Å². The number of aromatic nitrogens is 3. The number of pyridine rings is 1. The summed E-state index contributed by atoms with van der Waals surface area (Å²) < 4.78 is 1.91. The molecule has 24 heavy (non-hydrogen) atoms. The van der Waals surface area contributed by atoms with Crippen LogP contribution in [-0.2, 0) is 6.67 Å². The SMILES string of the molecule is O=c1cnn(CN2CCN(c3ccccn3)CC2)c2ccccc12. The smallest absolute Gasteiger partial charge is 0.207 e. The molecule has 0 N–H and O–H groups in total. The van der Waals surface area contributed by atoms with Crippen LogP contribution in [0.5, 0.6) is 0 Å². The maximum atomic E-state index is 11.9. The van der Waals surface area contributed by atoms with Gasteiger partial charge in [0.25, 0.3) is 0 Å². The Balaban J connectivity index is 1.48. The normalized spacial score (nSPS) is 15.8. The van der Waals surface area contributed by atoms with E-state index < -0.39 is 0 Å². The maximum Gasteiger partial charge on any atom is 0.207 e. The number of piperazine rings is 1. The minimum atomic E-state index is -0.0261. The number of anilines is 1. The average molecular weight is 321 g/mol. The van der Waals surface area contributed by atoms with Crippen LogP contribution in [-0.4, -0.2) is 45.8 Å². The molecular weight excluding hydrogens is 302 g/mol. The van der Waals surface area contributed by atoms with Gasteiger partial charge in [0.1, 0.15) is 5.82 Å². The van der Waals surface area contributed by atoms with Crippen LogP contribution in [0.3, 0.4) is 0 Å². The van der Waals surface area contributed by atoms with E-state index in [4.69, 9.17) is 0 Å². The Labute approximate surface area is 140 Å². The van der Waals surface area contributed by atoms with Gasteiger partial charge in [0.05, 0.1) is 18.4 Å². The van der Waals surface area contributed by atoms with Gasteiger partial charge in [-0.3, -0.25) is 14.4 Å². The molecule has 6 heteroatoms. The van der Waals surface area contributed by atoms with Crippen molar-refractivity contribution < 1.29 is 0 Å². The first kappa shape index (κ1) is 14.8. The van der Waals surface area contributed by atoms with Crippen LogP contribution < -0.4 is 10.3 Å². The van der Waals surface area contributed by atoms with Crippen molar-refractivity contribution in [1.82, 2.24) is 19.7 Å². The van der Waals surface area contributed by atoms with E-state index in [9.17, 15) is 4.79 Å². The molecule has 1 aliphatic heterocycles. The zero-order valence-corrected chi connectivity index (χ0v) is 13.4. The number of hydrogen-bond donors (Lipinski definition) is 0. The number of benzene rings is 1. The van der Waals surface area contributed by atoms with E-state index in [0.717, 1.165) is 42.9 Å². The molecule has 0 unspecified atom stereocenters. The van der Waals surface area contributed by atoms with Gasteiger partial charge < -0.3 is 4.90 Å². The first-order valence-electron chi connectivity index (χ1n) is 8.14. The quantitative estimate of drug-likeness (QED) is 0.733. The molecule has 122 valence electrons. The van der Waals surface area contributed by atoms with Crippen molar-refractivity contribution in [3.05, 3.63) is 65.1 Å². The van der Waals surface area contributed by atoms with Gasteiger partial charge in [-0.2, -0.15) is 5.10 Å². The highest BCUT2D eigenvalue weighted by Gasteiger charge is 2.18. The van der Waals surface area contributed by atoms with Gasteiger partial charge in [-0.25, -0.2) is 4.98 Å². The van der Waals surface area contributed by atoms with Gasteiger partial charge in [0.15, 0.2) is 0 Å². The van der Waals surface area contributed by atoms with Gasteiger partial charge in [-0.15, -0.1) is 0 Å². The molecular formula is C18H19N5O. The van der Waals surface area contributed by atoms with E-state index in [1.807, 2.05) is 53.3 Å². The largest absolute Gasteiger partial charge is 0.354 e. The second-order valence-corrected chi connectivity index (χ2v) is 5.96. The third kappa shape index (κ3) is 2.88. The molecule has 0 spiro atoms. The Bertz CT molecular complexity index is 885. The summed E-state index contributed by atoms with van der Waals surface area (Å²) in [6.07, 6.45) is 3.24. The lowest BCUT2D eigenvalue weighted by Crippen LogP contribution is -2.47. The van der Waals surface area contributed by atoms with Crippen LogP contribution in [0.25, 0.3) is 10.9 Å². The number of hydrogen-bond acceptors (Lipinski definition) is 5. The number of nitrogens with zero attached hydrogens (tertiary/aromatic N) is 5. The summed E-state index contributed by atoms with van der Waals surface area (Å²) in [7, 11) is 0. The Morgan fingerprint density at radius 3 is 2.54 bits per heavy atom. The Morgan fingerprint density at radius 2 is 1.75 bits per heavy atom. The summed E-state index contributed by atoms with van der Waals surface area (Å²) in [5.41, 5.74) is 0.860. The van der Waals surface area contributed by atoms with Crippen molar-refractivity contribution in [2.75, 3.05) is 31.1 Å². The van der Waals surface area contributed by atoms with Crippen molar-refractivity contribution in [1.29, 1.82) is 0 Å². The van der Waals surface area contributed by atoms with Crippen molar-refractivity contribution in [3.63, 3.8) is 0 Å². The minimum Gasteiger partial charge on any atom is -0.354 e. The number of fused-ring (bicyclic) bond motifs is 1. The topological polar surface area (TPSA) is 54.3 Å². The Hall–Kier alpha value is -2.73. The lowest BCUT2D eigenvalue weighted by molar-refractivity contribution is 0.198. The summed E-state index contributed by atoms with van der Waals surface area (Å²) in [5.74, 6) is 1.03. The van der Waals surface area contributed by atoms with Crippen molar-refractivity contribution in [3.8, 4) is 0 Å². The van der Waals surface area contributed by atoms with E-state index >= 15 is 0 Å². The first-order valence-corrected chi connectivity index (χ1v) is 8.14. The predicted molar refractivity (Wildman–Crippen MR) is 94.0 cm³/mol. The highest BCUT2D eigenvalue weighted by molar-refractivity contribution is 5.77. The molecule has 0 amide bonds. The second kappa shape index (κ2) is 6.41. The van der Waals surface area contributed by atoms with Crippen LogP contribution in [0.4, 0.5) is 5.82 Å². The predicted octanol–water partition coefficient (Wildman–Crippen LogP) is 1.57. The third-order valence-corrected chi connectivity index (χ3v) is 4.44. The van der Waals surface area contributed by atoms with Crippen LogP contribution in [0.2, 0.25) is 0 Å². The van der Waals surface area contributed by atoms with Gasteiger partial charge in [0.2, 0.25) is 5.43 Å². The monoisotopic (exact) mass is 321 g/mol. The molecule has 0 aliphatic carbocycles. The Kier molecular flexibility index (Phi) is 3.96. The van der Waals surface area contributed by atoms with Crippen LogP contribution >= 0.6 is 0 Å². The maximum absolute atomic E-state index is 11.9. The van der Waals surface area contributed by atoms with Crippen LogP contribution in [0.1, 0.15) is 0 Å². The highest BCUT2D eigenvalue weighted by atomic mass is 16.1. The van der Waals surface area contributed by atoms with Crippen molar-refractivity contribution in [2.24, 2.45) is 0 Å². The summed E-state index contributed by atoms with van der Waals surface area (Å²) >= 11 is 0. The molecule has 0 atom stereocenters. The van der Waals surface area contributed by atoms with Crippen molar-refractivity contribution >= 4 is 16.7 Å². The molecule has 1 aliphatic rings. The molecule has 4 rings (SSSR count). The summed E-state index contributed by atoms with van der Waals surface area (Å²) in [6.45, 7) is 4.46. The van der Waals surface area contributed by atoms with E-state index in [0.29, 0.717) is 6.67 Å². The molecule has 3 heterocycles. The number of para-hydroxylation sites is 1. The fourth-order valence-electron chi connectivity index (χ4n) is 3.12. The molecule has 0 bridgehead atoms. The number of rotatable bonds is 3. The first-order chi connectivity index (χ1) is 11.8. The standard InChI is InChI=1S/C18H19N5O/c24-17-13-20-23(16-6-2-1-5-15(16)17)14-21-9-11-22(12-10-21)18-7-3-4-8-19-18/h1-8,13H,9-12,14H2. The summed E-state index contributed by atoms with van der Waals surface area (Å²) in [4.78, 5) is 21.0. The van der Waals surface area contributed by atoms with Gasteiger partial charge in [0, 0.05) is 37.8 Å².